The van der Waals surface area contributed by atoms with Crippen LogP contribution in [0.2, 0.25) is 0 Å². The summed E-state index contributed by atoms with van der Waals surface area (Å²) in [6, 6.07) is 19.6. The van der Waals surface area contributed by atoms with Crippen molar-refractivity contribution in [3.05, 3.63) is 98.9 Å². The topological polar surface area (TPSA) is 66.7 Å². The van der Waals surface area contributed by atoms with E-state index in [2.05, 4.69) is 20.9 Å². The molecule has 0 fully saturated rings. The lowest BCUT2D eigenvalue weighted by molar-refractivity contribution is 0.0958. The Morgan fingerprint density at radius 3 is 2.48 bits per heavy atom. The lowest BCUT2D eigenvalue weighted by Crippen LogP contribution is -2.31. The zero-order valence-corrected chi connectivity index (χ0v) is 18.7. The first kappa shape index (κ1) is 20.8. The van der Waals surface area contributed by atoms with Crippen molar-refractivity contribution in [1.29, 1.82) is 0 Å². The highest BCUT2D eigenvalue weighted by Crippen LogP contribution is 2.22. The summed E-state index contributed by atoms with van der Waals surface area (Å²) in [5.74, 6) is 0.00966. The van der Waals surface area contributed by atoms with Gasteiger partial charge in [0, 0.05) is 36.5 Å². The van der Waals surface area contributed by atoms with Crippen molar-refractivity contribution in [3.63, 3.8) is 0 Å². The normalized spacial score (nSPS) is 10.8. The Hall–Kier alpha value is -3.45. The molecule has 2 heterocycles. The van der Waals surface area contributed by atoms with Gasteiger partial charge < -0.3 is 9.32 Å². The number of nitrogens with zero attached hydrogens (tertiary/aromatic N) is 3. The molecule has 2 aromatic heterocycles. The number of carbonyl (C=O) groups is 1. The van der Waals surface area contributed by atoms with Crippen molar-refractivity contribution in [3.8, 4) is 0 Å². The van der Waals surface area contributed by atoms with Crippen molar-refractivity contribution < 1.29 is 9.21 Å². The van der Waals surface area contributed by atoms with Crippen LogP contribution in [0.5, 0.6) is 0 Å². The van der Waals surface area contributed by atoms with Gasteiger partial charge in [-0.2, -0.15) is 0 Å². The van der Waals surface area contributed by atoms with E-state index in [-0.39, 0.29) is 17.7 Å². The first-order valence-electron chi connectivity index (χ1n) is 9.65. The summed E-state index contributed by atoms with van der Waals surface area (Å²) in [6.07, 6.45) is 1.62. The van der Waals surface area contributed by atoms with Gasteiger partial charge in [0.1, 0.15) is 11.4 Å². The summed E-state index contributed by atoms with van der Waals surface area (Å²) in [5.41, 5.74) is 2.07. The Morgan fingerprint density at radius 2 is 1.81 bits per heavy atom. The van der Waals surface area contributed by atoms with Gasteiger partial charge >= 0.3 is 0 Å². The molecule has 2 aromatic carbocycles. The van der Waals surface area contributed by atoms with E-state index in [1.807, 2.05) is 49.3 Å². The summed E-state index contributed by atoms with van der Waals surface area (Å²) in [7, 11) is 3.94. The van der Waals surface area contributed by atoms with E-state index in [1.165, 1.54) is 11.0 Å². The molecule has 0 bridgehead atoms. The number of pyridine rings is 1. The molecule has 4 aromatic rings. The van der Waals surface area contributed by atoms with Gasteiger partial charge in [-0.25, -0.2) is 4.98 Å². The van der Waals surface area contributed by atoms with Gasteiger partial charge in [-0.3, -0.25) is 14.5 Å². The highest BCUT2D eigenvalue weighted by atomic mass is 79.9. The third-order valence-electron chi connectivity index (χ3n) is 4.86. The van der Waals surface area contributed by atoms with Gasteiger partial charge in [0.2, 0.25) is 0 Å². The summed E-state index contributed by atoms with van der Waals surface area (Å²) in [6.45, 7) is 0.283. The summed E-state index contributed by atoms with van der Waals surface area (Å²) in [5, 5.41) is 0.412. The Labute approximate surface area is 187 Å². The van der Waals surface area contributed by atoms with E-state index in [0.717, 1.165) is 15.7 Å². The van der Waals surface area contributed by atoms with Crippen LogP contribution in [0.4, 0.5) is 11.5 Å². The zero-order chi connectivity index (χ0) is 22.0. The van der Waals surface area contributed by atoms with Crippen molar-refractivity contribution >= 4 is 44.3 Å². The Balaban J connectivity index is 1.73. The van der Waals surface area contributed by atoms with E-state index in [4.69, 9.17) is 4.42 Å². The lowest BCUT2D eigenvalue weighted by Gasteiger charge is -2.22. The van der Waals surface area contributed by atoms with Gasteiger partial charge in [0.05, 0.1) is 11.9 Å². The summed E-state index contributed by atoms with van der Waals surface area (Å²) in [4.78, 5) is 33.9. The molecule has 6 nitrogen and oxygen atoms in total. The van der Waals surface area contributed by atoms with Crippen molar-refractivity contribution in [2.24, 2.45) is 0 Å². The molecule has 0 aliphatic heterocycles. The predicted octanol–water partition coefficient (Wildman–Crippen LogP) is 4.86. The third kappa shape index (κ3) is 4.51. The van der Waals surface area contributed by atoms with Crippen molar-refractivity contribution in [2.45, 2.75) is 6.54 Å². The smallest absolute Gasteiger partial charge is 0.295 e. The highest BCUT2D eigenvalue weighted by molar-refractivity contribution is 9.10. The van der Waals surface area contributed by atoms with Crippen LogP contribution in [0.25, 0.3) is 11.0 Å². The van der Waals surface area contributed by atoms with Crippen LogP contribution in [-0.4, -0.2) is 25.0 Å². The van der Waals surface area contributed by atoms with Crippen LogP contribution in [0.1, 0.15) is 16.1 Å². The average Bonchev–Trinajstić information content (AvgIpc) is 2.78. The molecule has 4 rings (SSSR count). The molecule has 0 aliphatic carbocycles. The predicted molar refractivity (Wildman–Crippen MR) is 126 cm³/mol. The molecule has 0 atom stereocenters. The minimum absolute atomic E-state index is 0.0320. The van der Waals surface area contributed by atoms with Gasteiger partial charge in [0.15, 0.2) is 11.2 Å². The van der Waals surface area contributed by atoms with Crippen LogP contribution in [0, 0.1) is 0 Å². The first-order chi connectivity index (χ1) is 14.9. The standard InChI is InChI=1S/C24H20BrN3O3/c1-27(2)18-9-6-16(7-10-18)15-28(23-5-3-4-12-26-23)24(30)22-14-20(29)19-13-17(25)8-11-21(19)31-22/h3-14H,15H2,1-2H3. The van der Waals surface area contributed by atoms with Crippen molar-refractivity contribution in [1.82, 2.24) is 4.98 Å². The van der Waals surface area contributed by atoms with Crippen LogP contribution in [-0.2, 0) is 6.54 Å². The van der Waals surface area contributed by atoms with E-state index >= 15 is 0 Å². The third-order valence-corrected chi connectivity index (χ3v) is 5.36. The molecule has 31 heavy (non-hydrogen) atoms. The lowest BCUT2D eigenvalue weighted by atomic mass is 10.1. The molecule has 0 saturated heterocycles. The number of carbonyl (C=O) groups excluding carboxylic acids is 1. The minimum Gasteiger partial charge on any atom is -0.451 e. The van der Waals surface area contributed by atoms with E-state index < -0.39 is 5.91 Å². The quantitative estimate of drug-likeness (QED) is 0.410. The largest absolute Gasteiger partial charge is 0.451 e. The second kappa shape index (κ2) is 8.73. The fraction of sp³-hybridized carbons (Fsp3) is 0.125. The number of hydrogen-bond acceptors (Lipinski definition) is 5. The van der Waals surface area contributed by atoms with Gasteiger partial charge in [-0.15, -0.1) is 0 Å². The summed E-state index contributed by atoms with van der Waals surface area (Å²) < 4.78 is 6.57. The molecule has 0 radical (unpaired) electrons. The number of hydrogen-bond donors (Lipinski definition) is 0. The number of fused-ring (bicyclic) bond motifs is 1. The van der Waals surface area contributed by atoms with Gasteiger partial charge in [0.25, 0.3) is 5.91 Å². The minimum atomic E-state index is -0.433. The number of amides is 1. The number of halogens is 1. The molecule has 156 valence electrons. The van der Waals surface area contributed by atoms with Crippen LogP contribution < -0.4 is 15.2 Å². The van der Waals surface area contributed by atoms with E-state index in [1.54, 1.807) is 36.5 Å². The molecular weight excluding hydrogens is 458 g/mol. The monoisotopic (exact) mass is 477 g/mol. The van der Waals surface area contributed by atoms with Crippen LogP contribution in [0.15, 0.2) is 86.6 Å². The fourth-order valence-electron chi connectivity index (χ4n) is 3.22. The molecule has 0 saturated carbocycles. The maximum absolute atomic E-state index is 13.4. The average molecular weight is 478 g/mol. The highest BCUT2D eigenvalue weighted by Gasteiger charge is 2.23. The number of rotatable bonds is 5. The maximum atomic E-state index is 13.4. The molecule has 0 unspecified atom stereocenters. The number of aromatic nitrogens is 1. The Kier molecular flexibility index (Phi) is 5.86. The van der Waals surface area contributed by atoms with Crippen LogP contribution in [0.3, 0.4) is 0 Å². The second-order valence-electron chi connectivity index (χ2n) is 7.26. The second-order valence-corrected chi connectivity index (χ2v) is 8.17. The molecule has 1 amide bonds. The Bertz CT molecular complexity index is 1290. The molecule has 0 aliphatic rings. The molecule has 0 N–H and O–H groups in total. The first-order valence-corrected chi connectivity index (χ1v) is 10.4. The Morgan fingerprint density at radius 1 is 1.03 bits per heavy atom. The maximum Gasteiger partial charge on any atom is 0.295 e. The molecule has 7 heteroatoms. The van der Waals surface area contributed by atoms with E-state index in [9.17, 15) is 9.59 Å². The summed E-state index contributed by atoms with van der Waals surface area (Å²) >= 11 is 3.35. The van der Waals surface area contributed by atoms with E-state index in [0.29, 0.717) is 16.8 Å². The number of benzene rings is 2. The molecular formula is C24H20BrN3O3. The fourth-order valence-corrected chi connectivity index (χ4v) is 3.58. The zero-order valence-electron chi connectivity index (χ0n) is 17.1. The van der Waals surface area contributed by atoms with Crippen LogP contribution >= 0.6 is 15.9 Å². The van der Waals surface area contributed by atoms with Gasteiger partial charge in [-0.1, -0.05) is 34.1 Å². The SMILES string of the molecule is CN(C)c1ccc(CN(C(=O)c2cc(=O)c3cc(Br)ccc3o2)c2ccccn2)cc1. The van der Waals surface area contributed by atoms with Crippen molar-refractivity contribution in [2.75, 3.05) is 23.9 Å². The van der Waals surface area contributed by atoms with Gasteiger partial charge in [-0.05, 0) is 48.0 Å². The molecule has 0 spiro atoms. The number of anilines is 2.